The average molecular weight is 247 g/mol. The van der Waals surface area contributed by atoms with Gasteiger partial charge in [0.05, 0.1) is 6.04 Å². The Labute approximate surface area is 109 Å². The second kappa shape index (κ2) is 5.38. The molecule has 98 valence electrons. The second-order valence-electron chi connectivity index (χ2n) is 5.15. The number of nitrogens with zero attached hydrogens (tertiary/aromatic N) is 3. The number of carbonyl (C=O) groups is 1. The molecule has 0 radical (unpaired) electrons. The van der Waals surface area contributed by atoms with Crippen molar-refractivity contribution in [1.29, 1.82) is 0 Å². The van der Waals surface area contributed by atoms with E-state index in [0.29, 0.717) is 0 Å². The molecule has 0 N–H and O–H groups in total. The molecular formula is C14H21N3O. The quantitative estimate of drug-likeness (QED) is 0.768. The van der Waals surface area contributed by atoms with Crippen LogP contribution in [0.5, 0.6) is 0 Å². The molecule has 0 bridgehead atoms. The van der Waals surface area contributed by atoms with E-state index in [4.69, 9.17) is 0 Å². The first kappa shape index (κ1) is 12.9. The Bertz CT molecular complexity index is 431. The van der Waals surface area contributed by atoms with E-state index in [1.807, 2.05) is 30.1 Å². The van der Waals surface area contributed by atoms with Crippen LogP contribution in [0.1, 0.15) is 36.4 Å². The number of rotatable bonds is 3. The van der Waals surface area contributed by atoms with Gasteiger partial charge in [-0.2, -0.15) is 0 Å². The maximum atomic E-state index is 11.1. The molecule has 0 aliphatic carbocycles. The van der Waals surface area contributed by atoms with Gasteiger partial charge in [-0.15, -0.1) is 0 Å². The fraction of sp³-hybridized carbons (Fsp3) is 0.571. The smallest absolute Gasteiger partial charge is 0.210 e. The van der Waals surface area contributed by atoms with Gasteiger partial charge in [-0.25, -0.2) is 4.98 Å². The lowest BCUT2D eigenvalue weighted by Gasteiger charge is -2.33. The van der Waals surface area contributed by atoms with E-state index in [0.717, 1.165) is 31.6 Å². The molecule has 4 nitrogen and oxygen atoms in total. The predicted molar refractivity (Wildman–Crippen MR) is 72.7 cm³/mol. The fourth-order valence-electron chi connectivity index (χ4n) is 2.56. The summed E-state index contributed by atoms with van der Waals surface area (Å²) in [4.78, 5) is 19.5. The van der Waals surface area contributed by atoms with Crippen molar-refractivity contribution in [3.8, 4) is 0 Å². The molecule has 0 spiro atoms. The minimum atomic E-state index is 0.208. The summed E-state index contributed by atoms with van der Waals surface area (Å²) in [7, 11) is 3.97. The van der Waals surface area contributed by atoms with E-state index in [1.165, 1.54) is 17.5 Å². The molecule has 1 amide bonds. The van der Waals surface area contributed by atoms with Crippen molar-refractivity contribution in [3.63, 3.8) is 0 Å². The van der Waals surface area contributed by atoms with Crippen LogP contribution in [-0.4, -0.2) is 36.9 Å². The highest BCUT2D eigenvalue weighted by atomic mass is 16.1. The fourth-order valence-corrected chi connectivity index (χ4v) is 2.56. The molecule has 0 aromatic carbocycles. The molecule has 1 aliphatic heterocycles. The number of hydrogen-bond donors (Lipinski definition) is 0. The van der Waals surface area contributed by atoms with Gasteiger partial charge in [0.15, 0.2) is 0 Å². The lowest BCUT2D eigenvalue weighted by atomic mass is 9.94. The van der Waals surface area contributed by atoms with Crippen LogP contribution < -0.4 is 4.90 Å². The number of amides is 1. The first-order valence-electron chi connectivity index (χ1n) is 6.48. The normalized spacial score (nSPS) is 19.7. The Morgan fingerprint density at radius 2 is 2.22 bits per heavy atom. The van der Waals surface area contributed by atoms with Crippen LogP contribution >= 0.6 is 0 Å². The summed E-state index contributed by atoms with van der Waals surface area (Å²) < 4.78 is 0. The molecule has 1 atom stereocenters. The van der Waals surface area contributed by atoms with Crippen LogP contribution in [0.15, 0.2) is 12.3 Å². The lowest BCUT2D eigenvalue weighted by molar-refractivity contribution is -0.121. The lowest BCUT2D eigenvalue weighted by Crippen LogP contribution is -2.32. The SMILES string of the molecule is Cc1cc(N(C)C)ncc1[C@H]1CCCCN1C=O. The van der Waals surface area contributed by atoms with Crippen molar-refractivity contribution in [2.45, 2.75) is 32.2 Å². The van der Waals surface area contributed by atoms with Crippen molar-refractivity contribution in [1.82, 2.24) is 9.88 Å². The minimum Gasteiger partial charge on any atom is -0.363 e. The van der Waals surface area contributed by atoms with Crippen LogP contribution in [-0.2, 0) is 4.79 Å². The summed E-state index contributed by atoms with van der Waals surface area (Å²) in [6.07, 6.45) is 6.24. The topological polar surface area (TPSA) is 36.4 Å². The van der Waals surface area contributed by atoms with E-state index in [-0.39, 0.29) is 6.04 Å². The van der Waals surface area contributed by atoms with Crippen molar-refractivity contribution in [2.75, 3.05) is 25.5 Å². The summed E-state index contributed by atoms with van der Waals surface area (Å²) in [6, 6.07) is 2.30. The molecule has 1 aliphatic rings. The van der Waals surface area contributed by atoms with E-state index in [9.17, 15) is 4.79 Å². The number of likely N-dealkylation sites (tertiary alicyclic amines) is 1. The molecule has 1 saturated heterocycles. The van der Waals surface area contributed by atoms with E-state index >= 15 is 0 Å². The Balaban J connectivity index is 2.29. The van der Waals surface area contributed by atoms with Gasteiger partial charge in [-0.05, 0) is 43.4 Å². The zero-order valence-corrected chi connectivity index (χ0v) is 11.4. The summed E-state index contributed by atoms with van der Waals surface area (Å²) in [6.45, 7) is 2.96. The van der Waals surface area contributed by atoms with Gasteiger partial charge in [-0.3, -0.25) is 4.79 Å². The number of piperidine rings is 1. The van der Waals surface area contributed by atoms with Gasteiger partial charge in [0.25, 0.3) is 0 Å². The van der Waals surface area contributed by atoms with E-state index in [1.54, 1.807) is 0 Å². The van der Waals surface area contributed by atoms with Gasteiger partial charge < -0.3 is 9.80 Å². The molecular weight excluding hydrogens is 226 g/mol. The number of aromatic nitrogens is 1. The van der Waals surface area contributed by atoms with Gasteiger partial charge in [-0.1, -0.05) is 0 Å². The Morgan fingerprint density at radius 1 is 1.44 bits per heavy atom. The molecule has 4 heteroatoms. The van der Waals surface area contributed by atoms with Gasteiger partial charge in [0, 0.05) is 26.8 Å². The molecule has 0 unspecified atom stereocenters. The zero-order valence-electron chi connectivity index (χ0n) is 11.4. The maximum Gasteiger partial charge on any atom is 0.210 e. The number of anilines is 1. The monoisotopic (exact) mass is 247 g/mol. The third kappa shape index (κ3) is 2.47. The number of pyridine rings is 1. The molecule has 2 rings (SSSR count). The number of aryl methyl sites for hydroxylation is 1. The largest absolute Gasteiger partial charge is 0.363 e. The standard InChI is InChI=1S/C14H21N3O/c1-11-8-14(16(2)3)15-9-12(11)13-6-4-5-7-17(13)10-18/h8-10,13H,4-7H2,1-3H3/t13-/m1/s1. The van der Waals surface area contributed by atoms with Crippen molar-refractivity contribution < 1.29 is 4.79 Å². The highest BCUT2D eigenvalue weighted by molar-refractivity contribution is 5.50. The van der Waals surface area contributed by atoms with Crippen LogP contribution in [0.3, 0.4) is 0 Å². The molecule has 1 aromatic heterocycles. The van der Waals surface area contributed by atoms with Crippen molar-refractivity contribution >= 4 is 12.2 Å². The van der Waals surface area contributed by atoms with Crippen LogP contribution in [0.4, 0.5) is 5.82 Å². The molecule has 0 saturated carbocycles. The molecule has 1 aromatic rings. The molecule has 2 heterocycles. The number of hydrogen-bond acceptors (Lipinski definition) is 3. The van der Waals surface area contributed by atoms with E-state index in [2.05, 4.69) is 18.0 Å². The first-order valence-corrected chi connectivity index (χ1v) is 6.48. The molecule has 1 fully saturated rings. The van der Waals surface area contributed by atoms with Gasteiger partial charge >= 0.3 is 0 Å². The Morgan fingerprint density at radius 3 is 2.83 bits per heavy atom. The maximum absolute atomic E-state index is 11.1. The number of carbonyl (C=O) groups excluding carboxylic acids is 1. The van der Waals surface area contributed by atoms with Crippen molar-refractivity contribution in [2.24, 2.45) is 0 Å². The highest BCUT2D eigenvalue weighted by Gasteiger charge is 2.24. The van der Waals surface area contributed by atoms with Crippen LogP contribution in [0.2, 0.25) is 0 Å². The summed E-state index contributed by atoms with van der Waals surface area (Å²) >= 11 is 0. The molecule has 18 heavy (non-hydrogen) atoms. The summed E-state index contributed by atoms with van der Waals surface area (Å²) in [5, 5.41) is 0. The second-order valence-corrected chi connectivity index (χ2v) is 5.15. The van der Waals surface area contributed by atoms with Crippen LogP contribution in [0.25, 0.3) is 0 Å². The van der Waals surface area contributed by atoms with E-state index < -0.39 is 0 Å². The highest BCUT2D eigenvalue weighted by Crippen LogP contribution is 2.32. The summed E-state index contributed by atoms with van der Waals surface area (Å²) in [5.74, 6) is 0.963. The van der Waals surface area contributed by atoms with Crippen molar-refractivity contribution in [3.05, 3.63) is 23.4 Å². The third-order valence-corrected chi connectivity index (χ3v) is 3.63. The summed E-state index contributed by atoms with van der Waals surface area (Å²) in [5.41, 5.74) is 2.40. The predicted octanol–water partition coefficient (Wildman–Crippen LogP) is 2.14. The Kier molecular flexibility index (Phi) is 3.84. The van der Waals surface area contributed by atoms with Gasteiger partial charge in [0.2, 0.25) is 6.41 Å². The Hall–Kier alpha value is -1.58. The minimum absolute atomic E-state index is 0.208. The first-order chi connectivity index (χ1) is 8.63. The zero-order chi connectivity index (χ0) is 13.1. The third-order valence-electron chi connectivity index (χ3n) is 3.63. The van der Waals surface area contributed by atoms with Crippen LogP contribution in [0, 0.1) is 6.92 Å². The average Bonchev–Trinajstić information content (AvgIpc) is 2.38. The van der Waals surface area contributed by atoms with Gasteiger partial charge in [0.1, 0.15) is 5.82 Å².